The average molecular weight is 357 g/mol. The Labute approximate surface area is 150 Å². The van der Waals surface area contributed by atoms with Crippen LogP contribution in [0.4, 0.5) is 11.4 Å². The van der Waals surface area contributed by atoms with Gasteiger partial charge in [0.2, 0.25) is 17.6 Å². The van der Waals surface area contributed by atoms with Crippen LogP contribution in [-0.2, 0) is 11.3 Å². The van der Waals surface area contributed by atoms with Gasteiger partial charge in [0.25, 0.3) is 0 Å². The van der Waals surface area contributed by atoms with Crippen molar-refractivity contribution in [3.63, 3.8) is 0 Å². The minimum atomic E-state index is -0.162. The monoisotopic (exact) mass is 356 g/mol. The van der Waals surface area contributed by atoms with E-state index < -0.39 is 0 Å². The summed E-state index contributed by atoms with van der Waals surface area (Å²) >= 11 is 6.03. The van der Waals surface area contributed by atoms with E-state index in [1.54, 1.807) is 18.2 Å². The van der Waals surface area contributed by atoms with Crippen LogP contribution in [0.3, 0.4) is 0 Å². The number of benzene rings is 2. The summed E-state index contributed by atoms with van der Waals surface area (Å²) in [4.78, 5) is 15.7. The van der Waals surface area contributed by atoms with E-state index in [-0.39, 0.29) is 5.91 Å². The zero-order valence-corrected chi connectivity index (χ0v) is 14.6. The molecule has 6 nitrogen and oxygen atoms in total. The van der Waals surface area contributed by atoms with Crippen LogP contribution in [0.2, 0.25) is 5.02 Å². The molecule has 2 N–H and O–H groups in total. The number of rotatable bonds is 5. The maximum atomic E-state index is 11.3. The molecular weight excluding hydrogens is 340 g/mol. The van der Waals surface area contributed by atoms with E-state index in [0.717, 1.165) is 11.1 Å². The van der Waals surface area contributed by atoms with Gasteiger partial charge in [-0.3, -0.25) is 4.79 Å². The molecule has 0 saturated heterocycles. The van der Waals surface area contributed by atoms with Crippen molar-refractivity contribution in [2.45, 2.75) is 20.4 Å². The third-order valence-electron chi connectivity index (χ3n) is 3.58. The molecule has 0 bridgehead atoms. The Morgan fingerprint density at radius 3 is 2.76 bits per heavy atom. The quantitative estimate of drug-likeness (QED) is 0.713. The zero-order valence-electron chi connectivity index (χ0n) is 13.8. The maximum Gasteiger partial charge on any atom is 0.246 e. The molecular formula is C18H17ClN4O2. The first-order valence-electron chi connectivity index (χ1n) is 7.72. The van der Waals surface area contributed by atoms with Crippen LogP contribution in [0, 0.1) is 6.92 Å². The fourth-order valence-corrected chi connectivity index (χ4v) is 2.56. The second-order valence-corrected chi connectivity index (χ2v) is 5.99. The molecule has 0 aliphatic heterocycles. The highest BCUT2D eigenvalue weighted by molar-refractivity contribution is 6.31. The van der Waals surface area contributed by atoms with Crippen LogP contribution in [0.15, 0.2) is 47.0 Å². The van der Waals surface area contributed by atoms with Crippen molar-refractivity contribution in [2.75, 3.05) is 10.6 Å². The summed E-state index contributed by atoms with van der Waals surface area (Å²) < 4.78 is 5.30. The summed E-state index contributed by atoms with van der Waals surface area (Å²) in [6, 6.07) is 13.0. The molecule has 0 fully saturated rings. The summed E-state index contributed by atoms with van der Waals surface area (Å²) in [5.74, 6) is 0.820. The molecule has 0 atom stereocenters. The molecule has 2 aromatic carbocycles. The first kappa shape index (κ1) is 17.0. The molecule has 0 saturated carbocycles. The average Bonchev–Trinajstić information content (AvgIpc) is 3.04. The zero-order chi connectivity index (χ0) is 17.8. The minimum Gasteiger partial charge on any atom is -0.374 e. The second kappa shape index (κ2) is 7.36. The topological polar surface area (TPSA) is 80.0 Å². The van der Waals surface area contributed by atoms with Crippen molar-refractivity contribution >= 4 is 28.9 Å². The third kappa shape index (κ3) is 4.16. The Hall–Kier alpha value is -2.86. The van der Waals surface area contributed by atoms with Gasteiger partial charge < -0.3 is 15.2 Å². The molecule has 0 aliphatic rings. The van der Waals surface area contributed by atoms with Crippen LogP contribution in [0.5, 0.6) is 0 Å². The van der Waals surface area contributed by atoms with Crippen LogP contribution < -0.4 is 10.6 Å². The Bertz CT molecular complexity index is 908. The number of hydrogen-bond donors (Lipinski definition) is 2. The van der Waals surface area contributed by atoms with E-state index in [0.29, 0.717) is 34.7 Å². The van der Waals surface area contributed by atoms with Gasteiger partial charge in [-0.05, 0) is 30.7 Å². The van der Waals surface area contributed by atoms with Crippen LogP contribution >= 0.6 is 11.6 Å². The lowest BCUT2D eigenvalue weighted by Gasteiger charge is -2.11. The van der Waals surface area contributed by atoms with Crippen molar-refractivity contribution < 1.29 is 9.32 Å². The number of halogens is 1. The van der Waals surface area contributed by atoms with E-state index in [1.807, 2.05) is 31.2 Å². The molecule has 128 valence electrons. The second-order valence-electron chi connectivity index (χ2n) is 5.55. The van der Waals surface area contributed by atoms with E-state index in [2.05, 4.69) is 20.8 Å². The molecule has 1 amide bonds. The van der Waals surface area contributed by atoms with Gasteiger partial charge in [0, 0.05) is 17.5 Å². The van der Waals surface area contributed by atoms with Crippen LogP contribution in [0.1, 0.15) is 18.4 Å². The molecule has 1 aromatic heterocycles. The molecule has 7 heteroatoms. The summed E-state index contributed by atoms with van der Waals surface area (Å²) in [6.45, 7) is 3.76. The third-order valence-corrected chi connectivity index (χ3v) is 3.81. The van der Waals surface area contributed by atoms with Gasteiger partial charge in [0.05, 0.1) is 17.9 Å². The van der Waals surface area contributed by atoms with Crippen molar-refractivity contribution in [2.24, 2.45) is 0 Å². The number of nitrogens with zero attached hydrogens (tertiary/aromatic N) is 2. The maximum absolute atomic E-state index is 11.3. The Kier molecular flexibility index (Phi) is 5.00. The normalized spacial score (nSPS) is 10.5. The van der Waals surface area contributed by atoms with Crippen molar-refractivity contribution in [3.8, 4) is 11.4 Å². The highest BCUT2D eigenvalue weighted by Gasteiger charge is 2.11. The molecule has 1 heterocycles. The van der Waals surface area contributed by atoms with Crippen LogP contribution in [0.25, 0.3) is 11.4 Å². The first-order chi connectivity index (χ1) is 12.0. The van der Waals surface area contributed by atoms with Gasteiger partial charge >= 0.3 is 0 Å². The SMILES string of the molecule is CC(=O)Nc1ccc(Cl)cc1NCc1nc(-c2ccccc2C)no1. The summed E-state index contributed by atoms with van der Waals surface area (Å²) in [5.41, 5.74) is 3.32. The molecule has 25 heavy (non-hydrogen) atoms. The highest BCUT2D eigenvalue weighted by atomic mass is 35.5. The van der Waals surface area contributed by atoms with Gasteiger partial charge in [-0.15, -0.1) is 0 Å². The van der Waals surface area contributed by atoms with Gasteiger partial charge in [-0.2, -0.15) is 4.98 Å². The standard InChI is InChI=1S/C18H17ClN4O2/c1-11-5-3-4-6-14(11)18-22-17(25-23-18)10-20-16-9-13(19)7-8-15(16)21-12(2)24/h3-9,20H,10H2,1-2H3,(H,21,24). The number of carbonyl (C=O) groups excluding carboxylic acids is 1. The minimum absolute atomic E-state index is 0.162. The summed E-state index contributed by atoms with van der Waals surface area (Å²) in [5, 5.41) is 10.5. The van der Waals surface area contributed by atoms with E-state index in [9.17, 15) is 4.79 Å². The van der Waals surface area contributed by atoms with E-state index >= 15 is 0 Å². The van der Waals surface area contributed by atoms with Crippen molar-refractivity contribution in [3.05, 3.63) is 58.9 Å². The molecule has 0 aliphatic carbocycles. The number of aromatic nitrogens is 2. The fourth-order valence-electron chi connectivity index (χ4n) is 2.39. The number of nitrogens with one attached hydrogen (secondary N) is 2. The predicted molar refractivity (Wildman–Crippen MR) is 97.6 cm³/mol. The number of aryl methyl sites for hydroxylation is 1. The number of hydrogen-bond acceptors (Lipinski definition) is 5. The lowest BCUT2D eigenvalue weighted by molar-refractivity contribution is -0.114. The summed E-state index contributed by atoms with van der Waals surface area (Å²) in [7, 11) is 0. The molecule has 0 unspecified atom stereocenters. The molecule has 3 aromatic rings. The number of carbonyl (C=O) groups is 1. The molecule has 0 radical (unpaired) electrons. The van der Waals surface area contributed by atoms with Gasteiger partial charge in [-0.1, -0.05) is 41.0 Å². The molecule has 0 spiro atoms. The summed E-state index contributed by atoms with van der Waals surface area (Å²) in [6.07, 6.45) is 0. The van der Waals surface area contributed by atoms with E-state index in [4.69, 9.17) is 16.1 Å². The van der Waals surface area contributed by atoms with Crippen molar-refractivity contribution in [1.82, 2.24) is 10.1 Å². The number of amides is 1. The van der Waals surface area contributed by atoms with Crippen LogP contribution in [-0.4, -0.2) is 16.0 Å². The predicted octanol–water partition coefficient (Wildman–Crippen LogP) is 4.27. The van der Waals surface area contributed by atoms with Gasteiger partial charge in [-0.25, -0.2) is 0 Å². The van der Waals surface area contributed by atoms with Crippen molar-refractivity contribution in [1.29, 1.82) is 0 Å². The molecule has 3 rings (SSSR count). The number of anilines is 2. The largest absolute Gasteiger partial charge is 0.374 e. The fraction of sp³-hybridized carbons (Fsp3) is 0.167. The Morgan fingerprint density at radius 2 is 2.00 bits per heavy atom. The Balaban J connectivity index is 1.76. The van der Waals surface area contributed by atoms with Gasteiger partial charge in [0.1, 0.15) is 0 Å². The lowest BCUT2D eigenvalue weighted by atomic mass is 10.1. The Morgan fingerprint density at radius 1 is 1.20 bits per heavy atom. The smallest absolute Gasteiger partial charge is 0.246 e. The highest BCUT2D eigenvalue weighted by Crippen LogP contribution is 2.26. The van der Waals surface area contributed by atoms with E-state index in [1.165, 1.54) is 6.92 Å². The first-order valence-corrected chi connectivity index (χ1v) is 8.10. The lowest BCUT2D eigenvalue weighted by Crippen LogP contribution is -2.09. The van der Waals surface area contributed by atoms with Gasteiger partial charge in [0.15, 0.2) is 0 Å².